The SMILES string of the molecule is CCC(CO)N1CCN(C(=O)c2cccc(C)c2F)CC1. The van der Waals surface area contributed by atoms with E-state index in [0.717, 1.165) is 19.5 Å². The maximum Gasteiger partial charge on any atom is 0.256 e. The van der Waals surface area contributed by atoms with Gasteiger partial charge in [-0.1, -0.05) is 19.1 Å². The summed E-state index contributed by atoms with van der Waals surface area (Å²) in [7, 11) is 0. The molecule has 1 atom stereocenters. The standard InChI is InChI=1S/C16H23FN2O2/c1-3-13(11-20)18-7-9-19(10-8-18)16(21)14-6-4-5-12(2)15(14)17/h4-6,13,20H,3,7-11H2,1-2H3. The average molecular weight is 294 g/mol. The molecule has 1 saturated heterocycles. The van der Waals surface area contributed by atoms with Crippen molar-refractivity contribution in [3.63, 3.8) is 0 Å². The molecule has 116 valence electrons. The van der Waals surface area contributed by atoms with Crippen LogP contribution in [-0.4, -0.2) is 59.6 Å². The number of rotatable bonds is 4. The Bertz CT molecular complexity index is 495. The van der Waals surface area contributed by atoms with Crippen molar-refractivity contribution in [2.45, 2.75) is 26.3 Å². The number of halogens is 1. The van der Waals surface area contributed by atoms with Crippen LogP contribution >= 0.6 is 0 Å². The molecule has 0 bridgehead atoms. The number of hydrogen-bond donors (Lipinski definition) is 1. The molecule has 0 aliphatic carbocycles. The molecule has 1 fully saturated rings. The van der Waals surface area contributed by atoms with Gasteiger partial charge in [0.25, 0.3) is 5.91 Å². The number of hydrogen-bond acceptors (Lipinski definition) is 3. The van der Waals surface area contributed by atoms with Crippen molar-refractivity contribution >= 4 is 5.91 Å². The van der Waals surface area contributed by atoms with E-state index in [2.05, 4.69) is 4.90 Å². The lowest BCUT2D eigenvalue weighted by Crippen LogP contribution is -2.52. The maximum absolute atomic E-state index is 14.0. The van der Waals surface area contributed by atoms with E-state index in [4.69, 9.17) is 0 Å². The summed E-state index contributed by atoms with van der Waals surface area (Å²) in [5.41, 5.74) is 0.642. The van der Waals surface area contributed by atoms with E-state index in [-0.39, 0.29) is 24.1 Å². The number of nitrogens with zero attached hydrogens (tertiary/aromatic N) is 2. The number of benzene rings is 1. The Kier molecular flexibility index (Phi) is 5.31. The molecule has 1 unspecified atom stereocenters. The second-order valence-electron chi connectivity index (χ2n) is 5.51. The smallest absolute Gasteiger partial charge is 0.256 e. The normalized spacial score (nSPS) is 17.8. The lowest BCUT2D eigenvalue weighted by atomic mass is 10.1. The summed E-state index contributed by atoms with van der Waals surface area (Å²) in [6, 6.07) is 5.07. The maximum atomic E-state index is 14.0. The van der Waals surface area contributed by atoms with Crippen molar-refractivity contribution in [1.82, 2.24) is 9.80 Å². The molecule has 2 rings (SSSR count). The van der Waals surface area contributed by atoms with Crippen LogP contribution in [0.2, 0.25) is 0 Å². The highest BCUT2D eigenvalue weighted by atomic mass is 19.1. The van der Waals surface area contributed by atoms with Gasteiger partial charge in [-0.15, -0.1) is 0 Å². The summed E-state index contributed by atoms with van der Waals surface area (Å²) >= 11 is 0. The fraction of sp³-hybridized carbons (Fsp3) is 0.562. The topological polar surface area (TPSA) is 43.8 Å². The molecule has 0 radical (unpaired) electrons. The number of aryl methyl sites for hydroxylation is 1. The molecular formula is C16H23FN2O2. The summed E-state index contributed by atoms with van der Waals surface area (Å²) in [5.74, 6) is -0.667. The molecular weight excluding hydrogens is 271 g/mol. The summed E-state index contributed by atoms with van der Waals surface area (Å²) in [5, 5.41) is 9.33. The molecule has 1 aromatic rings. The molecule has 1 amide bonds. The third-order valence-corrected chi connectivity index (χ3v) is 4.22. The van der Waals surface area contributed by atoms with Gasteiger partial charge in [0.1, 0.15) is 5.82 Å². The molecule has 1 N–H and O–H groups in total. The highest BCUT2D eigenvalue weighted by molar-refractivity contribution is 5.94. The van der Waals surface area contributed by atoms with Crippen LogP contribution in [0.4, 0.5) is 4.39 Å². The third-order valence-electron chi connectivity index (χ3n) is 4.22. The minimum Gasteiger partial charge on any atom is -0.395 e. The monoisotopic (exact) mass is 294 g/mol. The molecule has 5 heteroatoms. The quantitative estimate of drug-likeness (QED) is 0.918. The number of carbonyl (C=O) groups is 1. The lowest BCUT2D eigenvalue weighted by molar-refractivity contribution is 0.0469. The zero-order valence-electron chi connectivity index (χ0n) is 12.7. The Morgan fingerprint density at radius 2 is 2.00 bits per heavy atom. The van der Waals surface area contributed by atoms with E-state index in [9.17, 15) is 14.3 Å². The van der Waals surface area contributed by atoms with E-state index < -0.39 is 5.82 Å². The van der Waals surface area contributed by atoms with Crippen LogP contribution in [0.3, 0.4) is 0 Å². The number of piperazine rings is 1. The molecule has 21 heavy (non-hydrogen) atoms. The molecule has 0 spiro atoms. The van der Waals surface area contributed by atoms with Gasteiger partial charge in [0.05, 0.1) is 12.2 Å². The summed E-state index contributed by atoms with van der Waals surface area (Å²) < 4.78 is 14.0. The van der Waals surface area contributed by atoms with Crippen LogP contribution in [0.25, 0.3) is 0 Å². The van der Waals surface area contributed by atoms with Gasteiger partial charge < -0.3 is 10.0 Å². The van der Waals surface area contributed by atoms with E-state index >= 15 is 0 Å². The van der Waals surface area contributed by atoms with Gasteiger partial charge in [0, 0.05) is 32.2 Å². The van der Waals surface area contributed by atoms with E-state index in [1.54, 1.807) is 30.0 Å². The highest BCUT2D eigenvalue weighted by Gasteiger charge is 2.26. The Morgan fingerprint density at radius 1 is 1.33 bits per heavy atom. The van der Waals surface area contributed by atoms with Crippen molar-refractivity contribution in [1.29, 1.82) is 0 Å². The molecule has 1 heterocycles. The molecule has 1 aromatic carbocycles. The van der Waals surface area contributed by atoms with E-state index in [1.807, 2.05) is 6.92 Å². The van der Waals surface area contributed by atoms with Crippen molar-refractivity contribution in [2.24, 2.45) is 0 Å². The number of amides is 1. The first-order valence-corrected chi connectivity index (χ1v) is 7.47. The first-order chi connectivity index (χ1) is 10.1. The van der Waals surface area contributed by atoms with Crippen LogP contribution in [-0.2, 0) is 0 Å². The minimum absolute atomic E-state index is 0.136. The second kappa shape index (κ2) is 7.00. The third kappa shape index (κ3) is 3.41. The Labute approximate surface area is 125 Å². The Morgan fingerprint density at radius 3 is 2.57 bits per heavy atom. The zero-order valence-corrected chi connectivity index (χ0v) is 12.7. The van der Waals surface area contributed by atoms with Gasteiger partial charge in [-0.3, -0.25) is 9.69 Å². The zero-order chi connectivity index (χ0) is 15.4. The largest absolute Gasteiger partial charge is 0.395 e. The number of carbonyl (C=O) groups excluding carboxylic acids is 1. The summed E-state index contributed by atoms with van der Waals surface area (Å²) in [6.45, 7) is 6.43. The van der Waals surface area contributed by atoms with Crippen LogP contribution in [0.1, 0.15) is 29.3 Å². The van der Waals surface area contributed by atoms with Gasteiger partial charge in [-0.05, 0) is 25.0 Å². The Hall–Kier alpha value is -1.46. The Balaban J connectivity index is 2.02. The van der Waals surface area contributed by atoms with Crippen LogP contribution < -0.4 is 0 Å². The van der Waals surface area contributed by atoms with Crippen molar-refractivity contribution in [3.8, 4) is 0 Å². The van der Waals surface area contributed by atoms with Gasteiger partial charge in [-0.2, -0.15) is 0 Å². The highest BCUT2D eigenvalue weighted by Crippen LogP contribution is 2.16. The predicted octanol–water partition coefficient (Wildman–Crippen LogP) is 1.66. The molecule has 0 aromatic heterocycles. The van der Waals surface area contributed by atoms with E-state index in [0.29, 0.717) is 18.7 Å². The predicted molar refractivity (Wildman–Crippen MR) is 79.8 cm³/mol. The molecule has 0 saturated carbocycles. The van der Waals surface area contributed by atoms with Gasteiger partial charge >= 0.3 is 0 Å². The molecule has 1 aliphatic heterocycles. The summed E-state index contributed by atoms with van der Waals surface area (Å²) in [6.07, 6.45) is 0.886. The van der Waals surface area contributed by atoms with Crippen molar-refractivity contribution < 1.29 is 14.3 Å². The van der Waals surface area contributed by atoms with Crippen molar-refractivity contribution in [2.75, 3.05) is 32.8 Å². The molecule has 4 nitrogen and oxygen atoms in total. The van der Waals surface area contributed by atoms with Crippen LogP contribution in [0.15, 0.2) is 18.2 Å². The fourth-order valence-electron chi connectivity index (χ4n) is 2.78. The van der Waals surface area contributed by atoms with Crippen LogP contribution in [0, 0.1) is 12.7 Å². The van der Waals surface area contributed by atoms with Gasteiger partial charge in [-0.25, -0.2) is 4.39 Å². The van der Waals surface area contributed by atoms with Crippen molar-refractivity contribution in [3.05, 3.63) is 35.1 Å². The molecule has 1 aliphatic rings. The van der Waals surface area contributed by atoms with E-state index in [1.165, 1.54) is 0 Å². The van der Waals surface area contributed by atoms with Gasteiger partial charge in [0.15, 0.2) is 0 Å². The number of aliphatic hydroxyl groups is 1. The average Bonchev–Trinajstić information content (AvgIpc) is 2.51. The van der Waals surface area contributed by atoms with Gasteiger partial charge in [0.2, 0.25) is 0 Å². The van der Waals surface area contributed by atoms with Crippen LogP contribution in [0.5, 0.6) is 0 Å². The first kappa shape index (κ1) is 15.9. The minimum atomic E-state index is -0.424. The summed E-state index contributed by atoms with van der Waals surface area (Å²) in [4.78, 5) is 16.3. The lowest BCUT2D eigenvalue weighted by Gasteiger charge is -2.38. The second-order valence-corrected chi connectivity index (χ2v) is 5.51. The number of aliphatic hydroxyl groups excluding tert-OH is 1. The fourth-order valence-corrected chi connectivity index (χ4v) is 2.78. The first-order valence-electron chi connectivity index (χ1n) is 7.47.